The van der Waals surface area contributed by atoms with E-state index in [-0.39, 0.29) is 5.91 Å². The molecule has 3 aromatic carbocycles. The van der Waals surface area contributed by atoms with Gasteiger partial charge in [-0.25, -0.2) is 0 Å². The average Bonchev–Trinajstić information content (AvgIpc) is 3.06. The molecule has 3 aromatic rings. The number of nitrogens with one attached hydrogen (secondary N) is 2. The third-order valence-electron chi connectivity index (χ3n) is 5.36. The molecular weight excluding hydrogens is 322 g/mol. The molecule has 4 heteroatoms. The molecule has 0 atom stereocenters. The number of carbonyl (C=O) groups excluding carboxylic acids is 1. The Kier molecular flexibility index (Phi) is 3.10. The predicted molar refractivity (Wildman–Crippen MR) is 105 cm³/mol. The van der Waals surface area contributed by atoms with Gasteiger partial charge >= 0.3 is 0 Å². The van der Waals surface area contributed by atoms with Crippen molar-refractivity contribution >= 4 is 23.0 Å². The number of hydrogen-bond donors (Lipinski definition) is 2. The Hall–Kier alpha value is -3.27. The van der Waals surface area contributed by atoms with Crippen LogP contribution < -0.4 is 15.5 Å². The lowest BCUT2D eigenvalue weighted by atomic mass is 9.86. The molecule has 2 aliphatic rings. The smallest absolute Gasteiger partial charge is 0.258 e. The number of fused-ring (bicyclic) bond motifs is 4. The van der Waals surface area contributed by atoms with E-state index in [9.17, 15) is 4.79 Å². The second-order valence-electron chi connectivity index (χ2n) is 6.92. The molecule has 0 aromatic heterocycles. The first kappa shape index (κ1) is 15.0. The van der Waals surface area contributed by atoms with E-state index < -0.39 is 5.66 Å². The summed E-state index contributed by atoms with van der Waals surface area (Å²) in [5.41, 5.74) is 5.44. The highest BCUT2D eigenvalue weighted by Crippen LogP contribution is 2.45. The number of benzene rings is 3. The third-order valence-corrected chi connectivity index (χ3v) is 5.36. The number of carbonyl (C=O) groups is 1. The molecule has 5 rings (SSSR count). The van der Waals surface area contributed by atoms with Crippen LogP contribution in [0.15, 0.2) is 72.8 Å². The van der Waals surface area contributed by atoms with Crippen molar-refractivity contribution in [1.29, 1.82) is 0 Å². The highest BCUT2D eigenvalue weighted by molar-refractivity contribution is 6.08. The molecule has 0 bridgehead atoms. The summed E-state index contributed by atoms with van der Waals surface area (Å²) in [6.07, 6.45) is 0.675. The maximum atomic E-state index is 13.1. The molecule has 0 saturated heterocycles. The molecule has 128 valence electrons. The number of hydrogen-bond acceptors (Lipinski definition) is 3. The Bertz CT molecular complexity index is 1000. The first-order valence-corrected chi connectivity index (χ1v) is 8.79. The predicted octanol–water partition coefficient (Wildman–Crippen LogP) is 4.21. The van der Waals surface area contributed by atoms with Crippen LogP contribution in [0.1, 0.15) is 21.5 Å². The Balaban J connectivity index is 1.76. The monoisotopic (exact) mass is 341 g/mol. The zero-order valence-electron chi connectivity index (χ0n) is 14.5. The summed E-state index contributed by atoms with van der Waals surface area (Å²) in [5.74, 6) is 0.0263. The molecule has 2 heterocycles. The lowest BCUT2D eigenvalue weighted by molar-refractivity contribution is 0.0990. The third kappa shape index (κ3) is 2.05. The number of rotatable bonds is 0. The molecule has 0 radical (unpaired) electrons. The molecule has 2 N–H and O–H groups in total. The Labute approximate surface area is 152 Å². The van der Waals surface area contributed by atoms with Crippen molar-refractivity contribution in [3.05, 3.63) is 89.5 Å². The lowest BCUT2D eigenvalue weighted by Gasteiger charge is -2.37. The lowest BCUT2D eigenvalue weighted by Crippen LogP contribution is -2.45. The van der Waals surface area contributed by atoms with Gasteiger partial charge in [0.2, 0.25) is 0 Å². The summed E-state index contributed by atoms with van der Waals surface area (Å²) >= 11 is 0. The summed E-state index contributed by atoms with van der Waals surface area (Å²) in [6.45, 7) is 0. The topological polar surface area (TPSA) is 44.4 Å². The van der Waals surface area contributed by atoms with Gasteiger partial charge in [-0.15, -0.1) is 0 Å². The summed E-state index contributed by atoms with van der Waals surface area (Å²) < 4.78 is 0. The number of anilines is 3. The van der Waals surface area contributed by atoms with Crippen molar-refractivity contribution in [2.75, 3.05) is 22.6 Å². The molecule has 26 heavy (non-hydrogen) atoms. The molecule has 4 nitrogen and oxygen atoms in total. The Morgan fingerprint density at radius 1 is 0.846 bits per heavy atom. The second-order valence-corrected chi connectivity index (χ2v) is 6.92. The zero-order valence-corrected chi connectivity index (χ0v) is 14.5. The molecule has 0 fully saturated rings. The van der Waals surface area contributed by atoms with Crippen LogP contribution >= 0.6 is 0 Å². The highest BCUT2D eigenvalue weighted by atomic mass is 16.2. The van der Waals surface area contributed by atoms with Gasteiger partial charge in [-0.3, -0.25) is 4.79 Å². The SMILES string of the molecule is CN1C(=O)c2ccccc2CC2(Nc3ccccc3N2)c2ccccc21. The molecule has 2 aliphatic heterocycles. The number of nitrogens with zero attached hydrogens (tertiary/aromatic N) is 1. The highest BCUT2D eigenvalue weighted by Gasteiger charge is 2.42. The van der Waals surface area contributed by atoms with Gasteiger partial charge in [0.05, 0.1) is 17.1 Å². The zero-order chi connectivity index (χ0) is 17.7. The average molecular weight is 341 g/mol. The first-order chi connectivity index (χ1) is 12.7. The van der Waals surface area contributed by atoms with Crippen LogP contribution in [0.2, 0.25) is 0 Å². The Morgan fingerprint density at radius 2 is 1.46 bits per heavy atom. The number of amides is 1. The normalized spacial score (nSPS) is 16.7. The second kappa shape index (κ2) is 5.36. The van der Waals surface area contributed by atoms with Gasteiger partial charge in [-0.1, -0.05) is 48.5 Å². The summed E-state index contributed by atoms with van der Waals surface area (Å²) in [6, 6.07) is 24.2. The minimum atomic E-state index is -0.495. The maximum absolute atomic E-state index is 13.1. The van der Waals surface area contributed by atoms with E-state index in [0.717, 1.165) is 33.8 Å². The van der Waals surface area contributed by atoms with Crippen LogP contribution in [0.4, 0.5) is 17.1 Å². The van der Waals surface area contributed by atoms with Crippen LogP contribution in [0.3, 0.4) is 0 Å². The van der Waals surface area contributed by atoms with Gasteiger partial charge in [0, 0.05) is 24.6 Å². The van der Waals surface area contributed by atoms with Gasteiger partial charge in [0.25, 0.3) is 5.91 Å². The number of para-hydroxylation sites is 3. The van der Waals surface area contributed by atoms with Crippen molar-refractivity contribution in [2.24, 2.45) is 0 Å². The van der Waals surface area contributed by atoms with Crippen LogP contribution in [0.25, 0.3) is 0 Å². The molecule has 0 unspecified atom stereocenters. The fraction of sp³-hybridized carbons (Fsp3) is 0.136. The summed E-state index contributed by atoms with van der Waals surface area (Å²) in [5, 5.41) is 7.40. The van der Waals surface area contributed by atoms with E-state index in [1.165, 1.54) is 0 Å². The minimum absolute atomic E-state index is 0.0263. The van der Waals surface area contributed by atoms with Gasteiger partial charge in [0.15, 0.2) is 0 Å². The van der Waals surface area contributed by atoms with E-state index in [2.05, 4.69) is 28.8 Å². The fourth-order valence-corrected chi connectivity index (χ4v) is 4.10. The van der Waals surface area contributed by atoms with E-state index in [1.807, 2.05) is 61.6 Å². The molecule has 1 amide bonds. The van der Waals surface area contributed by atoms with Crippen molar-refractivity contribution < 1.29 is 4.79 Å². The largest absolute Gasteiger partial charge is 0.357 e. The van der Waals surface area contributed by atoms with Crippen molar-refractivity contribution in [2.45, 2.75) is 12.1 Å². The van der Waals surface area contributed by atoms with E-state index in [4.69, 9.17) is 0 Å². The van der Waals surface area contributed by atoms with Crippen molar-refractivity contribution in [3.63, 3.8) is 0 Å². The quantitative estimate of drug-likeness (QED) is 0.644. The molecule has 1 spiro atoms. The van der Waals surface area contributed by atoms with Gasteiger partial charge in [-0.05, 0) is 29.8 Å². The van der Waals surface area contributed by atoms with Crippen LogP contribution in [-0.4, -0.2) is 13.0 Å². The maximum Gasteiger partial charge on any atom is 0.258 e. The molecule has 0 aliphatic carbocycles. The van der Waals surface area contributed by atoms with Gasteiger partial charge in [0.1, 0.15) is 5.66 Å². The standard InChI is InChI=1S/C22H19N3O/c1-25-20-13-7-4-10-17(20)22(23-18-11-5-6-12-19(18)24-22)14-15-8-2-3-9-16(15)21(25)26/h2-13,23-24H,14H2,1H3. The molecule has 0 saturated carbocycles. The van der Waals surface area contributed by atoms with Gasteiger partial charge < -0.3 is 15.5 Å². The minimum Gasteiger partial charge on any atom is -0.357 e. The van der Waals surface area contributed by atoms with Crippen LogP contribution in [0.5, 0.6) is 0 Å². The van der Waals surface area contributed by atoms with Gasteiger partial charge in [-0.2, -0.15) is 0 Å². The molecular formula is C22H19N3O. The summed E-state index contributed by atoms with van der Waals surface area (Å²) in [7, 11) is 1.85. The van der Waals surface area contributed by atoms with Crippen molar-refractivity contribution in [3.8, 4) is 0 Å². The summed E-state index contributed by atoms with van der Waals surface area (Å²) in [4.78, 5) is 14.8. The van der Waals surface area contributed by atoms with Crippen molar-refractivity contribution in [1.82, 2.24) is 0 Å². The Morgan fingerprint density at radius 3 is 2.23 bits per heavy atom. The van der Waals surface area contributed by atoms with E-state index >= 15 is 0 Å². The van der Waals surface area contributed by atoms with Crippen LogP contribution in [-0.2, 0) is 12.1 Å². The van der Waals surface area contributed by atoms with E-state index in [0.29, 0.717) is 6.42 Å². The van der Waals surface area contributed by atoms with Crippen LogP contribution in [0, 0.1) is 0 Å². The fourth-order valence-electron chi connectivity index (χ4n) is 4.10. The van der Waals surface area contributed by atoms with E-state index in [1.54, 1.807) is 4.90 Å². The first-order valence-electron chi connectivity index (χ1n) is 8.79.